The van der Waals surface area contributed by atoms with Crippen LogP contribution in [0.15, 0.2) is 36.4 Å². The zero-order valence-corrected chi connectivity index (χ0v) is 10.6. The summed E-state index contributed by atoms with van der Waals surface area (Å²) in [4.78, 5) is 13.7. The third-order valence-corrected chi connectivity index (χ3v) is 3.45. The number of hydrogen-bond donors (Lipinski definition) is 1. The van der Waals surface area contributed by atoms with Gasteiger partial charge in [0.05, 0.1) is 11.4 Å². The van der Waals surface area contributed by atoms with Crippen LogP contribution in [0.3, 0.4) is 0 Å². The summed E-state index contributed by atoms with van der Waals surface area (Å²) in [7, 11) is 0. The number of carbonyl (C=O) groups is 1. The van der Waals surface area contributed by atoms with Gasteiger partial charge in [-0.15, -0.1) is 0 Å². The Morgan fingerprint density at radius 3 is 2.45 bits per heavy atom. The fourth-order valence-corrected chi connectivity index (χ4v) is 2.53. The molecule has 102 valence electrons. The maximum absolute atomic E-state index is 13.7. The van der Waals surface area contributed by atoms with Gasteiger partial charge in [0.1, 0.15) is 17.2 Å². The smallest absolute Gasteiger partial charge is 0.264 e. The molecule has 0 spiro atoms. The van der Waals surface area contributed by atoms with Crippen LogP contribution < -0.4 is 10.6 Å². The van der Waals surface area contributed by atoms with E-state index in [1.165, 1.54) is 11.0 Å². The average molecular weight is 274 g/mol. The van der Waals surface area contributed by atoms with Crippen LogP contribution in [-0.4, -0.2) is 12.5 Å². The van der Waals surface area contributed by atoms with Crippen molar-refractivity contribution in [2.24, 2.45) is 0 Å². The lowest BCUT2D eigenvalue weighted by Gasteiger charge is -2.19. The van der Waals surface area contributed by atoms with Gasteiger partial charge in [0.15, 0.2) is 0 Å². The van der Waals surface area contributed by atoms with E-state index in [2.05, 4.69) is 0 Å². The van der Waals surface area contributed by atoms with E-state index in [9.17, 15) is 13.6 Å². The average Bonchev–Trinajstić information content (AvgIpc) is 2.83. The summed E-state index contributed by atoms with van der Waals surface area (Å²) in [6, 6.07) is 8.70. The first-order chi connectivity index (χ1) is 9.59. The van der Waals surface area contributed by atoms with Gasteiger partial charge < -0.3 is 10.6 Å². The lowest BCUT2D eigenvalue weighted by molar-refractivity contribution is 0.0981. The number of nitrogen functional groups attached to an aromatic ring is 1. The molecule has 0 fully saturated rings. The Kier molecular flexibility index (Phi) is 2.89. The molecule has 0 saturated heterocycles. The number of fused-ring (bicyclic) bond motifs is 1. The molecule has 20 heavy (non-hydrogen) atoms. The van der Waals surface area contributed by atoms with Crippen molar-refractivity contribution in [1.82, 2.24) is 0 Å². The van der Waals surface area contributed by atoms with Crippen molar-refractivity contribution in [2.75, 3.05) is 17.2 Å². The van der Waals surface area contributed by atoms with Gasteiger partial charge in [0.2, 0.25) is 0 Å². The molecule has 0 unspecified atom stereocenters. The quantitative estimate of drug-likeness (QED) is 0.813. The van der Waals surface area contributed by atoms with Crippen LogP contribution in [0.25, 0.3) is 0 Å². The van der Waals surface area contributed by atoms with Crippen molar-refractivity contribution in [3.63, 3.8) is 0 Å². The van der Waals surface area contributed by atoms with E-state index in [4.69, 9.17) is 5.73 Å². The van der Waals surface area contributed by atoms with Gasteiger partial charge >= 0.3 is 0 Å². The van der Waals surface area contributed by atoms with Gasteiger partial charge in [0, 0.05) is 6.54 Å². The van der Waals surface area contributed by atoms with E-state index in [0.29, 0.717) is 24.3 Å². The monoisotopic (exact) mass is 274 g/mol. The Morgan fingerprint density at radius 1 is 1.10 bits per heavy atom. The van der Waals surface area contributed by atoms with Gasteiger partial charge in [-0.25, -0.2) is 8.78 Å². The summed E-state index contributed by atoms with van der Waals surface area (Å²) in [5.74, 6) is -2.42. The normalized spacial score (nSPS) is 13.4. The highest BCUT2D eigenvalue weighted by molar-refractivity contribution is 6.09. The van der Waals surface area contributed by atoms with Crippen LogP contribution in [0, 0.1) is 11.6 Å². The summed E-state index contributed by atoms with van der Waals surface area (Å²) in [6.07, 6.45) is 0.627. The summed E-state index contributed by atoms with van der Waals surface area (Å²) in [5, 5.41) is 0. The topological polar surface area (TPSA) is 46.3 Å². The molecule has 0 aromatic heterocycles. The SMILES string of the molecule is Nc1cccc2c1N(C(=O)c1c(F)cccc1F)CC2. The van der Waals surface area contributed by atoms with Crippen LogP contribution in [0.1, 0.15) is 15.9 Å². The molecule has 0 saturated carbocycles. The summed E-state index contributed by atoms with van der Waals surface area (Å²) < 4.78 is 27.4. The van der Waals surface area contributed by atoms with Crippen molar-refractivity contribution in [2.45, 2.75) is 6.42 Å². The molecule has 3 nitrogen and oxygen atoms in total. The molecule has 2 N–H and O–H groups in total. The van der Waals surface area contributed by atoms with Crippen molar-refractivity contribution >= 4 is 17.3 Å². The maximum atomic E-state index is 13.7. The number of nitrogens with zero attached hydrogens (tertiary/aromatic N) is 1. The second-order valence-electron chi connectivity index (χ2n) is 4.66. The molecule has 2 aromatic carbocycles. The molecule has 0 radical (unpaired) electrons. The number of hydrogen-bond acceptors (Lipinski definition) is 2. The minimum Gasteiger partial charge on any atom is -0.397 e. The molecule has 1 heterocycles. The number of benzene rings is 2. The Labute approximate surface area is 114 Å². The van der Waals surface area contributed by atoms with Crippen molar-refractivity contribution in [3.05, 3.63) is 59.2 Å². The third-order valence-electron chi connectivity index (χ3n) is 3.45. The minimum absolute atomic E-state index is 0.371. The van der Waals surface area contributed by atoms with E-state index < -0.39 is 23.1 Å². The summed E-state index contributed by atoms with van der Waals surface area (Å²) >= 11 is 0. The first-order valence-electron chi connectivity index (χ1n) is 6.23. The first kappa shape index (κ1) is 12.6. The molecule has 0 aliphatic carbocycles. The highest BCUT2D eigenvalue weighted by Crippen LogP contribution is 2.35. The van der Waals surface area contributed by atoms with Gasteiger partial charge in [0.25, 0.3) is 5.91 Å². The van der Waals surface area contributed by atoms with Crippen molar-refractivity contribution < 1.29 is 13.6 Å². The number of rotatable bonds is 1. The molecule has 1 amide bonds. The van der Waals surface area contributed by atoms with E-state index >= 15 is 0 Å². The largest absolute Gasteiger partial charge is 0.397 e. The molecule has 5 heteroatoms. The van der Waals surface area contributed by atoms with Gasteiger partial charge in [-0.2, -0.15) is 0 Å². The van der Waals surface area contributed by atoms with Crippen molar-refractivity contribution in [3.8, 4) is 0 Å². The van der Waals surface area contributed by atoms with E-state index in [1.54, 1.807) is 12.1 Å². The Bertz CT molecular complexity index is 680. The fraction of sp³-hybridized carbons (Fsp3) is 0.133. The van der Waals surface area contributed by atoms with Crippen LogP contribution in [0.2, 0.25) is 0 Å². The zero-order valence-electron chi connectivity index (χ0n) is 10.6. The molecular weight excluding hydrogens is 262 g/mol. The second-order valence-corrected chi connectivity index (χ2v) is 4.66. The Balaban J connectivity index is 2.07. The predicted octanol–water partition coefficient (Wildman–Crippen LogP) is 2.75. The number of amides is 1. The Morgan fingerprint density at radius 2 is 1.75 bits per heavy atom. The van der Waals surface area contributed by atoms with E-state index in [0.717, 1.165) is 17.7 Å². The minimum atomic E-state index is -0.863. The maximum Gasteiger partial charge on any atom is 0.264 e. The predicted molar refractivity (Wildman–Crippen MR) is 72.6 cm³/mol. The van der Waals surface area contributed by atoms with Gasteiger partial charge in [-0.05, 0) is 30.2 Å². The second kappa shape index (κ2) is 4.59. The van der Waals surface area contributed by atoms with E-state index in [1.807, 2.05) is 6.07 Å². The van der Waals surface area contributed by atoms with Gasteiger partial charge in [-0.1, -0.05) is 18.2 Å². The third kappa shape index (κ3) is 1.82. The van der Waals surface area contributed by atoms with Gasteiger partial charge in [-0.3, -0.25) is 4.79 Å². The number of nitrogens with two attached hydrogens (primary N) is 1. The van der Waals surface area contributed by atoms with Crippen LogP contribution in [-0.2, 0) is 6.42 Å². The van der Waals surface area contributed by atoms with Crippen LogP contribution >= 0.6 is 0 Å². The molecule has 0 atom stereocenters. The standard InChI is InChI=1S/C15H12F2N2O/c16-10-4-2-5-11(17)13(10)15(20)19-8-7-9-3-1-6-12(18)14(9)19/h1-6H,7-8,18H2. The first-order valence-corrected chi connectivity index (χ1v) is 6.23. The van der Waals surface area contributed by atoms with Crippen molar-refractivity contribution in [1.29, 1.82) is 0 Å². The number of carbonyl (C=O) groups excluding carboxylic acids is 1. The molecule has 0 bridgehead atoms. The number of para-hydroxylation sites is 1. The molecule has 1 aliphatic heterocycles. The summed E-state index contributed by atoms with van der Waals surface area (Å²) in [5.41, 5.74) is 7.24. The summed E-state index contributed by atoms with van der Waals surface area (Å²) in [6.45, 7) is 0.371. The highest BCUT2D eigenvalue weighted by atomic mass is 19.1. The lowest BCUT2D eigenvalue weighted by atomic mass is 10.1. The van der Waals surface area contributed by atoms with Crippen LogP contribution in [0.5, 0.6) is 0 Å². The molecule has 2 aromatic rings. The molecular formula is C15H12F2N2O. The van der Waals surface area contributed by atoms with Crippen LogP contribution in [0.4, 0.5) is 20.2 Å². The van der Waals surface area contributed by atoms with E-state index in [-0.39, 0.29) is 0 Å². The fourth-order valence-electron chi connectivity index (χ4n) is 2.53. The lowest BCUT2D eigenvalue weighted by Crippen LogP contribution is -2.31. The zero-order chi connectivity index (χ0) is 14.3. The Hall–Kier alpha value is -2.43. The highest BCUT2D eigenvalue weighted by Gasteiger charge is 2.30. The number of anilines is 2. The number of halogens is 2. The molecule has 3 rings (SSSR count). The molecule has 1 aliphatic rings.